The summed E-state index contributed by atoms with van der Waals surface area (Å²) < 4.78 is 0. The van der Waals surface area contributed by atoms with Gasteiger partial charge in [0.2, 0.25) is 5.91 Å². The molecule has 0 bridgehead atoms. The minimum atomic E-state index is -0.346. The lowest BCUT2D eigenvalue weighted by Gasteiger charge is -2.07. The second kappa shape index (κ2) is 5.20. The maximum Gasteiger partial charge on any atom is 0.247 e. The molecule has 0 fully saturated rings. The van der Waals surface area contributed by atoms with Gasteiger partial charge in [-0.3, -0.25) is 10.0 Å². The predicted molar refractivity (Wildman–Crippen MR) is 37.6 cm³/mol. The van der Waals surface area contributed by atoms with Crippen LogP contribution in [0, 0.1) is 5.92 Å². The molecule has 0 aliphatic carbocycles. The molecular formula is C6H14N2O2. The Morgan fingerprint density at radius 2 is 2.30 bits per heavy atom. The quantitative estimate of drug-likeness (QED) is 0.378. The summed E-state index contributed by atoms with van der Waals surface area (Å²) in [4.78, 5) is 10.6. The van der Waals surface area contributed by atoms with Gasteiger partial charge in [-0.2, -0.15) is 0 Å². The first-order valence-electron chi connectivity index (χ1n) is 3.37. The molecule has 0 aromatic heterocycles. The Kier molecular flexibility index (Phi) is 4.88. The molecule has 0 saturated carbocycles. The summed E-state index contributed by atoms with van der Waals surface area (Å²) >= 11 is 0. The average molecular weight is 146 g/mol. The third kappa shape index (κ3) is 3.42. The van der Waals surface area contributed by atoms with Crippen molar-refractivity contribution in [3.05, 3.63) is 0 Å². The van der Waals surface area contributed by atoms with Crippen molar-refractivity contribution in [1.29, 1.82) is 0 Å². The molecule has 0 saturated heterocycles. The molecule has 4 nitrogen and oxygen atoms in total. The van der Waals surface area contributed by atoms with E-state index >= 15 is 0 Å². The Balaban J connectivity index is 3.41. The molecule has 3 N–H and O–H groups in total. The summed E-state index contributed by atoms with van der Waals surface area (Å²) in [6, 6.07) is 0. The van der Waals surface area contributed by atoms with E-state index < -0.39 is 0 Å². The van der Waals surface area contributed by atoms with Crippen molar-refractivity contribution in [1.82, 2.24) is 10.8 Å². The van der Waals surface area contributed by atoms with E-state index in [1.54, 1.807) is 12.4 Å². The Hall–Kier alpha value is -0.610. The van der Waals surface area contributed by atoms with Gasteiger partial charge in [0, 0.05) is 12.5 Å². The molecule has 0 spiro atoms. The lowest BCUT2D eigenvalue weighted by molar-refractivity contribution is -0.132. The van der Waals surface area contributed by atoms with Crippen LogP contribution in [-0.2, 0) is 4.79 Å². The first kappa shape index (κ1) is 9.39. The smallest absolute Gasteiger partial charge is 0.247 e. The van der Waals surface area contributed by atoms with Crippen molar-refractivity contribution in [2.24, 2.45) is 5.92 Å². The third-order valence-corrected chi connectivity index (χ3v) is 1.26. The normalized spacial score (nSPS) is 12.7. The third-order valence-electron chi connectivity index (χ3n) is 1.26. The summed E-state index contributed by atoms with van der Waals surface area (Å²) in [6.07, 6.45) is 0. The maximum atomic E-state index is 10.6. The Morgan fingerprint density at radius 3 is 2.70 bits per heavy atom. The zero-order chi connectivity index (χ0) is 7.98. The second-order valence-corrected chi connectivity index (χ2v) is 2.18. The molecule has 0 aliphatic heterocycles. The Bertz CT molecular complexity index is 106. The first-order valence-corrected chi connectivity index (χ1v) is 3.37. The molecular weight excluding hydrogens is 132 g/mol. The lowest BCUT2D eigenvalue weighted by atomic mass is 10.2. The summed E-state index contributed by atoms with van der Waals surface area (Å²) in [7, 11) is 0. The van der Waals surface area contributed by atoms with Gasteiger partial charge in [-0.1, -0.05) is 13.8 Å². The number of amides is 1. The number of hydrogen-bond acceptors (Lipinski definition) is 3. The monoisotopic (exact) mass is 146 g/mol. The molecule has 1 amide bonds. The van der Waals surface area contributed by atoms with E-state index in [1.807, 2.05) is 6.92 Å². The summed E-state index contributed by atoms with van der Waals surface area (Å²) in [5.74, 6) is -0.522. The van der Waals surface area contributed by atoms with E-state index in [4.69, 9.17) is 5.21 Å². The fraction of sp³-hybridized carbons (Fsp3) is 0.833. The predicted octanol–water partition coefficient (Wildman–Crippen LogP) is -0.263. The number of carbonyl (C=O) groups is 1. The van der Waals surface area contributed by atoms with Gasteiger partial charge in [-0.25, -0.2) is 5.48 Å². The number of carbonyl (C=O) groups excluding carboxylic acids is 1. The molecule has 1 atom stereocenters. The van der Waals surface area contributed by atoms with Crippen LogP contribution < -0.4 is 10.8 Å². The summed E-state index contributed by atoms with van der Waals surface area (Å²) in [5.41, 5.74) is 1.59. The van der Waals surface area contributed by atoms with Gasteiger partial charge in [0.05, 0.1) is 0 Å². The Morgan fingerprint density at radius 1 is 1.70 bits per heavy atom. The largest absolute Gasteiger partial charge is 0.316 e. The highest BCUT2D eigenvalue weighted by atomic mass is 16.5. The van der Waals surface area contributed by atoms with Gasteiger partial charge in [0.1, 0.15) is 0 Å². The van der Waals surface area contributed by atoms with Crippen LogP contribution in [0.5, 0.6) is 0 Å². The minimum absolute atomic E-state index is 0.176. The molecule has 0 heterocycles. The highest BCUT2D eigenvalue weighted by Gasteiger charge is 2.09. The van der Waals surface area contributed by atoms with Crippen LogP contribution in [0.2, 0.25) is 0 Å². The highest BCUT2D eigenvalue weighted by Crippen LogP contribution is 1.90. The van der Waals surface area contributed by atoms with Crippen molar-refractivity contribution in [2.45, 2.75) is 13.8 Å². The number of nitrogens with one attached hydrogen (secondary N) is 2. The van der Waals surface area contributed by atoms with E-state index in [0.717, 1.165) is 6.54 Å². The molecule has 0 aromatic carbocycles. The second-order valence-electron chi connectivity index (χ2n) is 2.18. The van der Waals surface area contributed by atoms with Crippen molar-refractivity contribution in [2.75, 3.05) is 13.1 Å². The molecule has 0 aliphatic rings. The molecule has 4 heteroatoms. The van der Waals surface area contributed by atoms with Crippen molar-refractivity contribution in [3.8, 4) is 0 Å². The number of hydroxylamine groups is 1. The van der Waals surface area contributed by atoms with E-state index in [-0.39, 0.29) is 11.8 Å². The molecule has 0 radical (unpaired) electrons. The van der Waals surface area contributed by atoms with E-state index in [2.05, 4.69) is 5.32 Å². The molecule has 0 aromatic rings. The van der Waals surface area contributed by atoms with Gasteiger partial charge in [0.15, 0.2) is 0 Å². The van der Waals surface area contributed by atoms with Crippen LogP contribution in [0.3, 0.4) is 0 Å². The molecule has 0 rings (SSSR count). The molecule has 1 unspecified atom stereocenters. The van der Waals surface area contributed by atoms with Crippen LogP contribution >= 0.6 is 0 Å². The van der Waals surface area contributed by atoms with Crippen molar-refractivity contribution >= 4 is 5.91 Å². The first-order chi connectivity index (χ1) is 4.72. The molecule has 60 valence electrons. The van der Waals surface area contributed by atoms with Crippen LogP contribution in [0.4, 0.5) is 0 Å². The van der Waals surface area contributed by atoms with Crippen LogP contribution in [0.1, 0.15) is 13.8 Å². The van der Waals surface area contributed by atoms with Gasteiger partial charge >= 0.3 is 0 Å². The van der Waals surface area contributed by atoms with Crippen molar-refractivity contribution in [3.63, 3.8) is 0 Å². The standard InChI is InChI=1S/C6H14N2O2/c1-3-7-4-5(2)6(9)8-10/h5,7,10H,3-4H2,1-2H3,(H,8,9). The Labute approximate surface area is 60.6 Å². The van der Waals surface area contributed by atoms with E-state index in [1.165, 1.54) is 0 Å². The summed E-state index contributed by atoms with van der Waals surface area (Å²) in [6.45, 7) is 5.14. The topological polar surface area (TPSA) is 61.4 Å². The number of rotatable bonds is 4. The van der Waals surface area contributed by atoms with E-state index in [9.17, 15) is 4.79 Å². The molecule has 10 heavy (non-hydrogen) atoms. The average Bonchev–Trinajstić information content (AvgIpc) is 1.98. The number of hydrogen-bond donors (Lipinski definition) is 3. The lowest BCUT2D eigenvalue weighted by Crippen LogP contribution is -2.33. The van der Waals surface area contributed by atoms with Gasteiger partial charge in [0.25, 0.3) is 0 Å². The maximum absolute atomic E-state index is 10.6. The van der Waals surface area contributed by atoms with Crippen molar-refractivity contribution < 1.29 is 10.0 Å². The fourth-order valence-electron chi connectivity index (χ4n) is 0.564. The van der Waals surface area contributed by atoms with Crippen LogP contribution in [0.25, 0.3) is 0 Å². The van der Waals surface area contributed by atoms with Gasteiger partial charge in [-0.05, 0) is 6.54 Å². The minimum Gasteiger partial charge on any atom is -0.316 e. The zero-order valence-corrected chi connectivity index (χ0v) is 6.35. The highest BCUT2D eigenvalue weighted by molar-refractivity contribution is 5.77. The zero-order valence-electron chi connectivity index (χ0n) is 6.35. The SMILES string of the molecule is CCNCC(C)C(=O)NO. The van der Waals surface area contributed by atoms with E-state index in [0.29, 0.717) is 6.54 Å². The van der Waals surface area contributed by atoms with Gasteiger partial charge < -0.3 is 5.32 Å². The van der Waals surface area contributed by atoms with Gasteiger partial charge in [-0.15, -0.1) is 0 Å². The fourth-order valence-corrected chi connectivity index (χ4v) is 0.564. The van der Waals surface area contributed by atoms with Crippen LogP contribution in [-0.4, -0.2) is 24.2 Å². The van der Waals surface area contributed by atoms with Crippen LogP contribution in [0.15, 0.2) is 0 Å². The summed E-state index contributed by atoms with van der Waals surface area (Å²) in [5, 5.41) is 11.2.